The number of allylic oxidation sites excluding steroid dienone is 1. The van der Waals surface area contributed by atoms with Crippen molar-refractivity contribution in [3.05, 3.63) is 76.3 Å². The summed E-state index contributed by atoms with van der Waals surface area (Å²) < 4.78 is 24.6. The number of cyclic esters (lactones) is 1. The third kappa shape index (κ3) is 8.89. The number of rotatable bonds is 6. The highest BCUT2D eigenvalue weighted by Gasteiger charge is 2.53. The molecule has 11 heteroatoms. The van der Waals surface area contributed by atoms with Gasteiger partial charge in [-0.15, -0.1) is 17.9 Å². The molecule has 0 bridgehead atoms. The first kappa shape index (κ1) is 37.0. The Morgan fingerprint density at radius 1 is 1.20 bits per heavy atom. The average molecular weight is 712 g/mol. The minimum Gasteiger partial charge on any atom is -0.457 e. The Morgan fingerprint density at radius 2 is 1.98 bits per heavy atom. The van der Waals surface area contributed by atoms with Gasteiger partial charge >= 0.3 is 12.1 Å². The van der Waals surface area contributed by atoms with E-state index >= 15 is 0 Å². The van der Waals surface area contributed by atoms with Gasteiger partial charge in [-0.3, -0.25) is 9.59 Å². The fourth-order valence-corrected chi connectivity index (χ4v) is 7.82. The number of aliphatic hydroxyl groups excluding tert-OH is 1. The van der Waals surface area contributed by atoms with Gasteiger partial charge in [-0.1, -0.05) is 49.2 Å². The second-order valence-corrected chi connectivity index (χ2v) is 15.8. The lowest BCUT2D eigenvalue weighted by atomic mass is 9.71. The Bertz CT molecular complexity index is 1690. The molecule has 1 N–H and O–H groups in total. The van der Waals surface area contributed by atoms with Crippen LogP contribution in [-0.4, -0.2) is 51.9 Å². The van der Waals surface area contributed by atoms with Crippen LogP contribution >= 0.6 is 22.9 Å². The number of halogens is 1. The number of benzene rings is 2. The molecule has 1 aromatic heterocycles. The summed E-state index contributed by atoms with van der Waals surface area (Å²) in [6, 6.07) is 12.7. The van der Waals surface area contributed by atoms with Crippen LogP contribution in [-0.2, 0) is 35.1 Å². The monoisotopic (exact) mass is 711 g/mol. The quantitative estimate of drug-likeness (QED) is 0.152. The van der Waals surface area contributed by atoms with E-state index in [1.165, 1.54) is 0 Å². The molecule has 0 amide bonds. The van der Waals surface area contributed by atoms with Gasteiger partial charge in [0, 0.05) is 17.4 Å². The molecule has 2 saturated heterocycles. The number of fused-ring (bicyclic) bond motifs is 2. The standard InChI is InChI=1S/C38H46ClNO8S/c1-7-10-27-34(42)22(2)11-9-16-38(6)32(48-38)19-29(25-14-15-30-28(18-25)40-23(3)49-30)46-33(41)20-31(37(4,5)35(27)43)47-36(44)45-21-24-12-8-13-26(39)17-24/h7-8,12-15,17-18,22,27,29,31-32,34,42H,1,9-11,16,19-21H2,2-6H3/t22-,27+,29-,31-,32-,34-,38+/m0/s1. The number of ketones is 1. The van der Waals surface area contributed by atoms with Gasteiger partial charge in [0.1, 0.15) is 24.6 Å². The minimum absolute atomic E-state index is 0.124. The third-order valence-corrected chi connectivity index (χ3v) is 11.2. The highest BCUT2D eigenvalue weighted by atomic mass is 35.5. The number of aromatic nitrogens is 1. The molecule has 0 saturated carbocycles. The van der Waals surface area contributed by atoms with Crippen LogP contribution < -0.4 is 0 Å². The molecule has 2 fully saturated rings. The zero-order valence-electron chi connectivity index (χ0n) is 28.8. The predicted octanol–water partition coefficient (Wildman–Crippen LogP) is 8.47. The summed E-state index contributed by atoms with van der Waals surface area (Å²) in [6.45, 7) is 12.9. The number of nitrogens with zero attached hydrogens (tertiary/aromatic N) is 1. The zero-order chi connectivity index (χ0) is 35.5. The molecular weight excluding hydrogens is 666 g/mol. The van der Waals surface area contributed by atoms with Gasteiger partial charge in [-0.2, -0.15) is 0 Å². The van der Waals surface area contributed by atoms with Crippen LogP contribution in [0.25, 0.3) is 10.2 Å². The topological polar surface area (TPSA) is 125 Å². The molecular formula is C38H46ClNO8S. The molecule has 264 valence electrons. The van der Waals surface area contributed by atoms with E-state index in [9.17, 15) is 19.5 Å². The molecule has 0 aliphatic carbocycles. The van der Waals surface area contributed by atoms with E-state index in [0.717, 1.165) is 33.6 Å². The number of hydrogen-bond donors (Lipinski definition) is 1. The predicted molar refractivity (Wildman–Crippen MR) is 188 cm³/mol. The molecule has 7 atom stereocenters. The first-order valence-corrected chi connectivity index (χ1v) is 18.0. The molecule has 3 aromatic rings. The Labute approximate surface area is 296 Å². The number of epoxide rings is 1. The first-order chi connectivity index (χ1) is 23.2. The first-order valence-electron chi connectivity index (χ1n) is 16.9. The van der Waals surface area contributed by atoms with Crippen LogP contribution in [0.1, 0.15) is 88.5 Å². The maximum atomic E-state index is 14.3. The smallest absolute Gasteiger partial charge is 0.457 e. The minimum atomic E-state index is -1.41. The lowest BCUT2D eigenvalue weighted by Gasteiger charge is -2.37. The van der Waals surface area contributed by atoms with Gasteiger partial charge in [0.2, 0.25) is 0 Å². The van der Waals surface area contributed by atoms with E-state index in [2.05, 4.69) is 18.5 Å². The number of ether oxygens (including phenoxy) is 4. The number of Topliss-reactive ketones (excluding diaryl/α,β-unsaturated/α-hetero) is 1. The third-order valence-electron chi connectivity index (χ3n) is 9.99. The normalized spacial score (nSPS) is 29.4. The number of aliphatic hydroxyl groups is 1. The summed E-state index contributed by atoms with van der Waals surface area (Å²) in [5.74, 6) is -2.04. The van der Waals surface area contributed by atoms with Crippen LogP contribution in [0.2, 0.25) is 5.02 Å². The highest BCUT2D eigenvalue weighted by Crippen LogP contribution is 2.47. The van der Waals surface area contributed by atoms with Crippen LogP contribution in [0, 0.1) is 24.2 Å². The molecule has 49 heavy (non-hydrogen) atoms. The number of hydrogen-bond acceptors (Lipinski definition) is 10. The highest BCUT2D eigenvalue weighted by molar-refractivity contribution is 7.18. The lowest BCUT2D eigenvalue weighted by molar-refractivity contribution is -0.157. The van der Waals surface area contributed by atoms with Crippen molar-refractivity contribution >= 4 is 51.1 Å². The van der Waals surface area contributed by atoms with Crippen molar-refractivity contribution in [3.8, 4) is 0 Å². The summed E-state index contributed by atoms with van der Waals surface area (Å²) in [6.07, 6.45) is -0.0620. The molecule has 9 nitrogen and oxygen atoms in total. The number of aryl methyl sites for hydroxylation is 1. The van der Waals surface area contributed by atoms with Crippen LogP contribution in [0.5, 0.6) is 0 Å². The van der Waals surface area contributed by atoms with Crippen LogP contribution in [0.15, 0.2) is 55.1 Å². The van der Waals surface area contributed by atoms with Gasteiger partial charge in [-0.05, 0) is 88.3 Å². The Morgan fingerprint density at radius 3 is 2.71 bits per heavy atom. The van der Waals surface area contributed by atoms with Crippen molar-refractivity contribution in [3.63, 3.8) is 0 Å². The van der Waals surface area contributed by atoms with E-state index in [4.69, 9.17) is 30.5 Å². The van der Waals surface area contributed by atoms with Gasteiger partial charge in [-0.25, -0.2) is 9.78 Å². The Kier molecular flexibility index (Phi) is 11.5. The molecule has 3 heterocycles. The summed E-state index contributed by atoms with van der Waals surface area (Å²) in [5, 5.41) is 12.9. The number of esters is 1. The Balaban J connectivity index is 1.45. The number of thiazole rings is 1. The van der Waals surface area contributed by atoms with Gasteiger partial charge in [0.15, 0.2) is 0 Å². The SMILES string of the molecule is C=CC[C@H]1C(=O)C(C)(C)[C@@H](OC(=O)OCc2cccc(Cl)c2)CC(=O)O[C@H](c2ccc3sc(C)nc3c2)C[C@@H]2O[C@]2(C)CCC[C@H](C)[C@@H]1O. The number of carbonyl (C=O) groups is 3. The second-order valence-electron chi connectivity index (χ2n) is 14.1. The van der Waals surface area contributed by atoms with E-state index in [1.54, 1.807) is 55.5 Å². The van der Waals surface area contributed by atoms with E-state index in [-0.39, 0.29) is 30.8 Å². The fraction of sp³-hybridized carbons (Fsp3) is 0.526. The maximum Gasteiger partial charge on any atom is 0.508 e. The number of carbonyl (C=O) groups excluding carboxylic acids is 3. The maximum absolute atomic E-state index is 14.3. The van der Waals surface area contributed by atoms with Gasteiger partial charge < -0.3 is 24.1 Å². The molecule has 2 aliphatic rings. The molecule has 2 aliphatic heterocycles. The fourth-order valence-electron chi connectivity index (χ4n) is 6.80. The van der Waals surface area contributed by atoms with Crippen molar-refractivity contribution < 1.29 is 38.4 Å². The second kappa shape index (κ2) is 15.3. The summed E-state index contributed by atoms with van der Waals surface area (Å²) >= 11 is 7.67. The van der Waals surface area contributed by atoms with Gasteiger partial charge in [0.05, 0.1) is 44.9 Å². The molecule has 0 spiro atoms. The Hall–Kier alpha value is -3.31. The molecule has 0 radical (unpaired) electrons. The van der Waals surface area contributed by atoms with Crippen molar-refractivity contribution in [1.29, 1.82) is 0 Å². The van der Waals surface area contributed by atoms with E-state index < -0.39 is 53.8 Å². The largest absolute Gasteiger partial charge is 0.508 e. The lowest BCUT2D eigenvalue weighted by Crippen LogP contribution is -2.48. The van der Waals surface area contributed by atoms with Crippen LogP contribution in [0.3, 0.4) is 0 Å². The zero-order valence-corrected chi connectivity index (χ0v) is 30.4. The van der Waals surface area contributed by atoms with E-state index in [1.807, 2.05) is 32.0 Å². The molecule has 2 aromatic carbocycles. The van der Waals surface area contributed by atoms with Gasteiger partial charge in [0.25, 0.3) is 0 Å². The van der Waals surface area contributed by atoms with Crippen LogP contribution in [0.4, 0.5) is 4.79 Å². The van der Waals surface area contributed by atoms with Crippen molar-refractivity contribution in [2.75, 3.05) is 0 Å². The van der Waals surface area contributed by atoms with Crippen molar-refractivity contribution in [2.45, 2.75) is 110 Å². The summed E-state index contributed by atoms with van der Waals surface area (Å²) in [4.78, 5) is 45.9. The summed E-state index contributed by atoms with van der Waals surface area (Å²) in [5.41, 5.74) is 0.430. The molecule has 0 unspecified atom stereocenters. The van der Waals surface area contributed by atoms with Crippen molar-refractivity contribution in [1.82, 2.24) is 4.98 Å². The van der Waals surface area contributed by atoms with Crippen molar-refractivity contribution in [2.24, 2.45) is 17.3 Å². The van der Waals surface area contributed by atoms with E-state index in [0.29, 0.717) is 23.4 Å². The average Bonchev–Trinajstić information content (AvgIpc) is 3.52. The molecule has 5 rings (SSSR count). The summed E-state index contributed by atoms with van der Waals surface area (Å²) in [7, 11) is 0.